The third-order valence-electron chi connectivity index (χ3n) is 5.48. The molecule has 1 amide bonds. The van der Waals surface area contributed by atoms with Gasteiger partial charge in [-0.15, -0.1) is 13.2 Å². The summed E-state index contributed by atoms with van der Waals surface area (Å²) in [7, 11) is 1.34. The monoisotopic (exact) mass is 553 g/mol. The second kappa shape index (κ2) is 9.87. The number of alkyl halides is 3. The highest BCUT2D eigenvalue weighted by molar-refractivity contribution is 6.51. The first kappa shape index (κ1) is 26.2. The van der Waals surface area contributed by atoms with Gasteiger partial charge < -0.3 is 19.7 Å². The summed E-state index contributed by atoms with van der Waals surface area (Å²) in [5.41, 5.74) is 0.0644. The van der Waals surface area contributed by atoms with Gasteiger partial charge in [-0.05, 0) is 54.1 Å². The molecule has 3 aromatic carbocycles. The number of anilines is 1. The number of nitrogens with zero attached hydrogens (tertiary/aromatic N) is 1. The molecule has 192 valence electrons. The fourth-order valence-electron chi connectivity index (χ4n) is 3.93. The molecular formula is C25H16Cl2F3NO6. The Morgan fingerprint density at radius 2 is 1.54 bits per heavy atom. The summed E-state index contributed by atoms with van der Waals surface area (Å²) in [6.45, 7) is 0. The number of rotatable bonds is 5. The zero-order valence-corrected chi connectivity index (χ0v) is 20.2. The summed E-state index contributed by atoms with van der Waals surface area (Å²) in [5.74, 6) is -3.19. The van der Waals surface area contributed by atoms with Crippen LogP contribution >= 0.6 is 23.2 Å². The Labute approximate surface area is 217 Å². The predicted molar refractivity (Wildman–Crippen MR) is 129 cm³/mol. The normalized spacial score (nSPS) is 17.2. The Morgan fingerprint density at radius 3 is 2.05 bits per heavy atom. The largest absolute Gasteiger partial charge is 0.573 e. The van der Waals surface area contributed by atoms with E-state index in [1.54, 1.807) is 0 Å². The maximum atomic E-state index is 13.2. The van der Waals surface area contributed by atoms with Crippen LogP contribution in [0.2, 0.25) is 10.0 Å². The molecule has 37 heavy (non-hydrogen) atoms. The number of hydrogen-bond acceptors (Lipinski definition) is 6. The molecule has 1 unspecified atom stereocenters. The molecule has 1 aliphatic heterocycles. The molecule has 0 aromatic heterocycles. The molecule has 7 nitrogen and oxygen atoms in total. The van der Waals surface area contributed by atoms with Crippen LogP contribution in [-0.4, -0.2) is 35.4 Å². The van der Waals surface area contributed by atoms with E-state index in [-0.39, 0.29) is 38.4 Å². The number of aliphatic hydroxyl groups is 1. The second-order valence-electron chi connectivity index (χ2n) is 7.78. The van der Waals surface area contributed by atoms with Crippen LogP contribution in [0, 0.1) is 0 Å². The number of halogens is 5. The van der Waals surface area contributed by atoms with Gasteiger partial charge in [0.25, 0.3) is 11.7 Å². The first-order valence-electron chi connectivity index (χ1n) is 10.4. The zero-order chi connectivity index (χ0) is 27.1. The minimum absolute atomic E-state index is 0.0199. The number of methoxy groups -OCH3 is 1. The Kier molecular flexibility index (Phi) is 6.98. The van der Waals surface area contributed by atoms with Crippen LogP contribution in [0.5, 0.6) is 17.2 Å². The molecule has 1 heterocycles. The van der Waals surface area contributed by atoms with Crippen LogP contribution in [0.25, 0.3) is 5.76 Å². The summed E-state index contributed by atoms with van der Waals surface area (Å²) < 4.78 is 46.7. The van der Waals surface area contributed by atoms with Crippen molar-refractivity contribution >= 4 is 46.3 Å². The van der Waals surface area contributed by atoms with Gasteiger partial charge in [0.1, 0.15) is 17.3 Å². The van der Waals surface area contributed by atoms with Crippen LogP contribution in [0.1, 0.15) is 17.2 Å². The summed E-state index contributed by atoms with van der Waals surface area (Å²) in [5, 5.41) is 21.0. The van der Waals surface area contributed by atoms with Crippen molar-refractivity contribution in [1.82, 2.24) is 0 Å². The smallest absolute Gasteiger partial charge is 0.508 e. The van der Waals surface area contributed by atoms with Gasteiger partial charge in [0, 0.05) is 11.3 Å². The molecule has 4 rings (SSSR count). The Balaban J connectivity index is 1.88. The quantitative estimate of drug-likeness (QED) is 0.221. The molecule has 1 saturated heterocycles. The third-order valence-corrected chi connectivity index (χ3v) is 6.04. The minimum Gasteiger partial charge on any atom is -0.508 e. The summed E-state index contributed by atoms with van der Waals surface area (Å²) in [4.78, 5) is 27.3. The number of phenolic OH excluding ortho intramolecular Hbond substituents is 1. The van der Waals surface area contributed by atoms with E-state index in [9.17, 15) is 33.0 Å². The average molecular weight is 554 g/mol. The number of carbonyl (C=O) groups excluding carboxylic acids is 2. The van der Waals surface area contributed by atoms with Crippen molar-refractivity contribution in [2.45, 2.75) is 12.4 Å². The molecular weight excluding hydrogens is 538 g/mol. The molecule has 3 aromatic rings. The SMILES string of the molecule is COc1c(Cl)cc(/C(O)=C2\C(=O)C(=O)N(c3ccc(OC(F)(F)F)cc3)C2c2ccc(O)cc2)cc1Cl. The molecule has 1 fully saturated rings. The highest BCUT2D eigenvalue weighted by Crippen LogP contribution is 2.44. The Hall–Kier alpha value is -3.89. The lowest BCUT2D eigenvalue weighted by atomic mass is 9.95. The van der Waals surface area contributed by atoms with E-state index in [0.29, 0.717) is 5.56 Å². The van der Waals surface area contributed by atoms with E-state index in [2.05, 4.69) is 4.74 Å². The number of amides is 1. The molecule has 2 N–H and O–H groups in total. The molecule has 1 atom stereocenters. The molecule has 0 radical (unpaired) electrons. The molecule has 12 heteroatoms. The summed E-state index contributed by atoms with van der Waals surface area (Å²) >= 11 is 12.4. The molecule has 0 saturated carbocycles. The lowest BCUT2D eigenvalue weighted by Gasteiger charge is -2.25. The number of aliphatic hydroxyl groups excluding tert-OH is 1. The second-order valence-corrected chi connectivity index (χ2v) is 8.59. The highest BCUT2D eigenvalue weighted by Gasteiger charge is 2.47. The number of carbonyl (C=O) groups is 2. The van der Waals surface area contributed by atoms with Crippen molar-refractivity contribution in [3.05, 3.63) is 87.4 Å². The van der Waals surface area contributed by atoms with Gasteiger partial charge in [-0.25, -0.2) is 0 Å². The van der Waals surface area contributed by atoms with E-state index in [0.717, 1.165) is 17.0 Å². The lowest BCUT2D eigenvalue weighted by molar-refractivity contribution is -0.274. The van der Waals surface area contributed by atoms with E-state index in [1.807, 2.05) is 0 Å². The first-order valence-corrected chi connectivity index (χ1v) is 11.2. The standard InChI is InChI=1S/C25H16Cl2F3NO6/c1-36-23-17(26)10-13(11-18(23)27)21(33)19-20(12-2-6-15(32)7-3-12)31(24(35)22(19)34)14-4-8-16(9-5-14)37-25(28,29)30/h2-11,20,32-33H,1H3/b21-19+. The maximum absolute atomic E-state index is 13.2. The first-order chi connectivity index (χ1) is 17.4. The van der Waals surface area contributed by atoms with Crippen molar-refractivity contribution in [3.63, 3.8) is 0 Å². The van der Waals surface area contributed by atoms with Gasteiger partial charge >= 0.3 is 6.36 Å². The van der Waals surface area contributed by atoms with Crippen LogP contribution in [0.15, 0.2) is 66.2 Å². The maximum Gasteiger partial charge on any atom is 0.573 e. The molecule has 0 aliphatic carbocycles. The molecule has 1 aliphatic rings. The molecule has 0 spiro atoms. The number of ketones is 1. The lowest BCUT2D eigenvalue weighted by Crippen LogP contribution is -2.29. The Bertz CT molecular complexity index is 1380. The van der Waals surface area contributed by atoms with Crippen LogP contribution in [0.4, 0.5) is 18.9 Å². The number of hydrogen-bond donors (Lipinski definition) is 2. The number of Topliss-reactive ketones (excluding diaryl/α,β-unsaturated/α-hetero) is 1. The fraction of sp³-hybridized carbons (Fsp3) is 0.120. The number of ether oxygens (including phenoxy) is 2. The van der Waals surface area contributed by atoms with Gasteiger partial charge in [-0.1, -0.05) is 35.3 Å². The highest BCUT2D eigenvalue weighted by atomic mass is 35.5. The molecule has 0 bridgehead atoms. The van der Waals surface area contributed by atoms with Crippen molar-refractivity contribution < 1.29 is 42.4 Å². The summed E-state index contributed by atoms with van der Waals surface area (Å²) in [6, 6.07) is 11.2. The van der Waals surface area contributed by atoms with Crippen LogP contribution < -0.4 is 14.4 Å². The van der Waals surface area contributed by atoms with Gasteiger partial charge in [-0.2, -0.15) is 0 Å². The topological polar surface area (TPSA) is 96.3 Å². The van der Waals surface area contributed by atoms with Crippen LogP contribution in [-0.2, 0) is 9.59 Å². The number of aromatic hydroxyl groups is 1. The third kappa shape index (κ3) is 5.16. The van der Waals surface area contributed by atoms with Gasteiger partial charge in [0.2, 0.25) is 0 Å². The van der Waals surface area contributed by atoms with Crippen molar-refractivity contribution in [1.29, 1.82) is 0 Å². The Morgan fingerprint density at radius 1 is 0.973 bits per heavy atom. The fourth-order valence-corrected chi connectivity index (χ4v) is 4.57. The van der Waals surface area contributed by atoms with Gasteiger partial charge in [0.15, 0.2) is 5.75 Å². The van der Waals surface area contributed by atoms with Gasteiger partial charge in [-0.3, -0.25) is 14.5 Å². The zero-order valence-electron chi connectivity index (χ0n) is 18.7. The summed E-state index contributed by atoms with van der Waals surface area (Å²) in [6.07, 6.45) is -4.92. The van der Waals surface area contributed by atoms with E-state index in [1.165, 1.54) is 55.6 Å². The van der Waals surface area contributed by atoms with Gasteiger partial charge in [0.05, 0.1) is 28.8 Å². The van der Waals surface area contributed by atoms with E-state index in [4.69, 9.17) is 27.9 Å². The number of phenols is 1. The van der Waals surface area contributed by atoms with E-state index >= 15 is 0 Å². The van der Waals surface area contributed by atoms with Crippen molar-refractivity contribution in [2.75, 3.05) is 12.0 Å². The van der Waals surface area contributed by atoms with E-state index < -0.39 is 35.6 Å². The van der Waals surface area contributed by atoms with Crippen molar-refractivity contribution in [2.24, 2.45) is 0 Å². The number of benzene rings is 3. The van der Waals surface area contributed by atoms with Crippen molar-refractivity contribution in [3.8, 4) is 17.2 Å². The predicted octanol–water partition coefficient (Wildman–Crippen LogP) is 6.23. The minimum atomic E-state index is -4.92. The van der Waals surface area contributed by atoms with Crippen LogP contribution in [0.3, 0.4) is 0 Å². The average Bonchev–Trinajstić information content (AvgIpc) is 3.09.